The van der Waals surface area contributed by atoms with Gasteiger partial charge in [-0.25, -0.2) is 10.2 Å². The summed E-state index contributed by atoms with van der Waals surface area (Å²) in [4.78, 5) is 11.5. The number of anilines is 1. The average Bonchev–Trinajstić information content (AvgIpc) is 3.13. The molecule has 2 aromatic carbocycles. The number of guanidine groups is 1. The molecule has 1 aliphatic rings. The Morgan fingerprint density at radius 3 is 2.81 bits per heavy atom. The Kier molecular flexibility index (Phi) is 5.12. The highest BCUT2D eigenvalue weighted by atomic mass is 32.1. The number of benzene rings is 2. The molecule has 138 valence electrons. The number of aromatic nitrogens is 1. The standard InChI is InChI=1S/C19H19N5O2S/c25-24(26)15-8-6-14(7-9-15)10-12-21-18-20-11-3-13-23(18)19-22-16-4-1-2-5-17(16)27-19/h1-9,11,24-25H,10,12-13H2,(H,20,21). The van der Waals surface area contributed by atoms with Crippen molar-refractivity contribution in [2.24, 2.45) is 4.99 Å². The molecule has 0 spiro atoms. The zero-order valence-electron chi connectivity index (χ0n) is 14.5. The lowest BCUT2D eigenvalue weighted by Crippen LogP contribution is -2.99. The normalized spacial score (nSPS) is 16.7. The van der Waals surface area contributed by atoms with Gasteiger partial charge in [0.05, 0.1) is 10.2 Å². The molecule has 1 unspecified atom stereocenters. The summed E-state index contributed by atoms with van der Waals surface area (Å²) in [5.74, 6) is 0.777. The molecule has 1 aliphatic heterocycles. The minimum Gasteiger partial charge on any atom is -0.595 e. The van der Waals surface area contributed by atoms with Gasteiger partial charge in [0.25, 0.3) is 0 Å². The van der Waals surface area contributed by atoms with Gasteiger partial charge in [-0.05, 0) is 30.2 Å². The average molecular weight is 381 g/mol. The Hall–Kier alpha value is -2.78. The SMILES string of the molecule is [O-][NH+](O)c1ccc(CCN=C2NC=CCN2c2nc3ccccc3s2)cc1. The third-order valence-corrected chi connectivity index (χ3v) is 5.31. The zero-order chi connectivity index (χ0) is 18.6. The van der Waals surface area contributed by atoms with Gasteiger partial charge in [0.1, 0.15) is 0 Å². The van der Waals surface area contributed by atoms with Crippen LogP contribution in [0, 0.1) is 5.21 Å². The van der Waals surface area contributed by atoms with Gasteiger partial charge in [0, 0.05) is 31.4 Å². The van der Waals surface area contributed by atoms with Crippen LogP contribution in [0.25, 0.3) is 10.2 Å². The van der Waals surface area contributed by atoms with E-state index in [1.165, 1.54) is 0 Å². The number of aliphatic imine (C=N–C) groups is 1. The van der Waals surface area contributed by atoms with Crippen LogP contribution in [0.2, 0.25) is 0 Å². The molecule has 3 aromatic rings. The van der Waals surface area contributed by atoms with Gasteiger partial charge in [-0.3, -0.25) is 9.89 Å². The first kappa shape index (κ1) is 17.6. The maximum absolute atomic E-state index is 10.9. The largest absolute Gasteiger partial charge is 0.595 e. The van der Waals surface area contributed by atoms with Gasteiger partial charge in [-0.2, -0.15) is 5.23 Å². The first-order chi connectivity index (χ1) is 13.2. The second-order valence-electron chi connectivity index (χ2n) is 6.08. The number of rotatable bonds is 5. The molecule has 0 bridgehead atoms. The maximum Gasteiger partial charge on any atom is 0.204 e. The predicted molar refractivity (Wildman–Crippen MR) is 107 cm³/mol. The van der Waals surface area contributed by atoms with Crippen molar-refractivity contribution in [2.45, 2.75) is 6.42 Å². The summed E-state index contributed by atoms with van der Waals surface area (Å²) in [5, 5.41) is 23.1. The van der Waals surface area contributed by atoms with Gasteiger partial charge >= 0.3 is 0 Å². The van der Waals surface area contributed by atoms with E-state index in [0.717, 1.165) is 39.8 Å². The Balaban J connectivity index is 1.47. The van der Waals surface area contributed by atoms with E-state index >= 15 is 0 Å². The van der Waals surface area contributed by atoms with Crippen LogP contribution >= 0.6 is 11.3 Å². The Morgan fingerprint density at radius 2 is 2.04 bits per heavy atom. The van der Waals surface area contributed by atoms with E-state index in [4.69, 9.17) is 15.2 Å². The van der Waals surface area contributed by atoms with Crippen molar-refractivity contribution in [1.82, 2.24) is 10.3 Å². The van der Waals surface area contributed by atoms with E-state index in [9.17, 15) is 5.21 Å². The summed E-state index contributed by atoms with van der Waals surface area (Å²) in [6, 6.07) is 15.0. The molecule has 7 nitrogen and oxygen atoms in total. The second kappa shape index (κ2) is 7.85. The van der Waals surface area contributed by atoms with Crippen molar-refractivity contribution in [3.05, 3.63) is 71.6 Å². The number of thiazole rings is 1. The van der Waals surface area contributed by atoms with Crippen LogP contribution in [0.4, 0.5) is 10.8 Å². The van der Waals surface area contributed by atoms with Crippen molar-refractivity contribution >= 4 is 38.3 Å². The van der Waals surface area contributed by atoms with Crippen LogP contribution in [0.3, 0.4) is 0 Å². The van der Waals surface area contributed by atoms with Gasteiger partial charge in [-0.15, -0.1) is 0 Å². The lowest BCUT2D eigenvalue weighted by molar-refractivity contribution is -0.991. The van der Waals surface area contributed by atoms with Crippen LogP contribution in [-0.2, 0) is 6.42 Å². The molecule has 0 radical (unpaired) electrons. The maximum atomic E-state index is 10.9. The van der Waals surface area contributed by atoms with E-state index < -0.39 is 5.23 Å². The van der Waals surface area contributed by atoms with Crippen molar-refractivity contribution in [1.29, 1.82) is 0 Å². The van der Waals surface area contributed by atoms with Crippen molar-refractivity contribution < 1.29 is 10.4 Å². The molecule has 1 aromatic heterocycles. The summed E-state index contributed by atoms with van der Waals surface area (Å²) < 4.78 is 1.15. The number of para-hydroxylation sites is 1. The third-order valence-electron chi connectivity index (χ3n) is 4.25. The fraction of sp³-hybridized carbons (Fsp3) is 0.158. The number of hydrogen-bond acceptors (Lipinski definition) is 5. The molecule has 0 saturated heterocycles. The molecule has 1 atom stereocenters. The van der Waals surface area contributed by atoms with Crippen LogP contribution < -0.4 is 15.4 Å². The predicted octanol–water partition coefficient (Wildman–Crippen LogP) is 2.22. The Morgan fingerprint density at radius 1 is 1.22 bits per heavy atom. The van der Waals surface area contributed by atoms with Crippen molar-refractivity contribution in [3.63, 3.8) is 0 Å². The highest BCUT2D eigenvalue weighted by molar-refractivity contribution is 7.22. The van der Waals surface area contributed by atoms with E-state index in [0.29, 0.717) is 12.2 Å². The number of nitrogens with zero attached hydrogens (tertiary/aromatic N) is 3. The summed E-state index contributed by atoms with van der Waals surface area (Å²) >= 11 is 1.65. The van der Waals surface area contributed by atoms with E-state index in [-0.39, 0.29) is 0 Å². The van der Waals surface area contributed by atoms with Crippen LogP contribution in [0.5, 0.6) is 0 Å². The molecule has 8 heteroatoms. The number of quaternary nitrogens is 1. The molecule has 0 aliphatic carbocycles. The number of fused-ring (bicyclic) bond motifs is 1. The molecule has 2 heterocycles. The smallest absolute Gasteiger partial charge is 0.204 e. The van der Waals surface area contributed by atoms with Gasteiger partial charge < -0.3 is 10.5 Å². The number of hydrogen-bond donors (Lipinski definition) is 3. The molecular formula is C19H19N5O2S. The van der Waals surface area contributed by atoms with Crippen LogP contribution in [0.15, 0.2) is 65.8 Å². The molecule has 0 amide bonds. The summed E-state index contributed by atoms with van der Waals surface area (Å²) in [7, 11) is 0. The summed E-state index contributed by atoms with van der Waals surface area (Å²) in [5.41, 5.74) is 2.35. The van der Waals surface area contributed by atoms with Crippen LogP contribution in [0.1, 0.15) is 5.56 Å². The van der Waals surface area contributed by atoms with Crippen molar-refractivity contribution in [3.8, 4) is 0 Å². The van der Waals surface area contributed by atoms with E-state index in [2.05, 4.69) is 16.3 Å². The Labute approximate surface area is 160 Å². The highest BCUT2D eigenvalue weighted by Gasteiger charge is 2.18. The molecule has 27 heavy (non-hydrogen) atoms. The minimum absolute atomic E-state index is 0.297. The van der Waals surface area contributed by atoms with Gasteiger partial charge in [-0.1, -0.05) is 35.6 Å². The monoisotopic (exact) mass is 381 g/mol. The minimum atomic E-state index is -0.911. The Bertz CT molecular complexity index is 948. The molecule has 0 saturated carbocycles. The third kappa shape index (κ3) is 3.99. The van der Waals surface area contributed by atoms with Crippen molar-refractivity contribution in [2.75, 3.05) is 18.0 Å². The van der Waals surface area contributed by atoms with E-state index in [1.54, 1.807) is 23.5 Å². The second-order valence-corrected chi connectivity index (χ2v) is 7.09. The molecular weight excluding hydrogens is 362 g/mol. The molecule has 0 fully saturated rings. The van der Waals surface area contributed by atoms with Gasteiger partial charge in [0.2, 0.25) is 5.96 Å². The summed E-state index contributed by atoms with van der Waals surface area (Å²) in [6.07, 6.45) is 4.67. The zero-order valence-corrected chi connectivity index (χ0v) is 15.3. The fourth-order valence-electron chi connectivity index (χ4n) is 2.84. The van der Waals surface area contributed by atoms with Gasteiger partial charge in [0.15, 0.2) is 10.8 Å². The first-order valence-corrected chi connectivity index (χ1v) is 9.44. The summed E-state index contributed by atoms with van der Waals surface area (Å²) in [6.45, 7) is 1.32. The topological polar surface area (TPSA) is 88.2 Å². The number of nitrogens with one attached hydrogen (secondary N) is 2. The van der Waals surface area contributed by atoms with Crippen LogP contribution in [-0.4, -0.2) is 29.2 Å². The molecule has 4 rings (SSSR count). The molecule has 3 N–H and O–H groups in total. The lowest BCUT2D eigenvalue weighted by Gasteiger charge is -2.25. The lowest BCUT2D eigenvalue weighted by atomic mass is 10.1. The first-order valence-electron chi connectivity index (χ1n) is 8.62. The fourth-order valence-corrected chi connectivity index (χ4v) is 3.81. The quantitative estimate of drug-likeness (QED) is 0.590. The van der Waals surface area contributed by atoms with E-state index in [1.807, 2.05) is 42.6 Å². The highest BCUT2D eigenvalue weighted by Crippen LogP contribution is 2.29.